The van der Waals surface area contributed by atoms with Crippen LogP contribution in [-0.2, 0) is 6.42 Å². The molecule has 6 N–H and O–H groups in total. The van der Waals surface area contributed by atoms with E-state index in [0.29, 0.717) is 6.42 Å². The van der Waals surface area contributed by atoms with Crippen LogP contribution in [0.2, 0.25) is 0 Å². The van der Waals surface area contributed by atoms with Crippen LogP contribution < -0.4 is 22.3 Å². The lowest BCUT2D eigenvalue weighted by molar-refractivity contribution is 0.724. The summed E-state index contributed by atoms with van der Waals surface area (Å²) in [6.07, 6.45) is 10.5. The predicted molar refractivity (Wildman–Crippen MR) is 89.9 cm³/mol. The first-order chi connectivity index (χ1) is 10.3. The number of hydrazine groups is 1. The molecule has 0 heterocycles. The molecule has 1 aromatic carbocycles. The van der Waals surface area contributed by atoms with Gasteiger partial charge in [-0.1, -0.05) is 42.5 Å². The van der Waals surface area contributed by atoms with Gasteiger partial charge in [0.15, 0.2) is 0 Å². The van der Waals surface area contributed by atoms with Crippen molar-refractivity contribution >= 4 is 0 Å². The zero-order valence-corrected chi connectivity index (χ0v) is 12.7. The molecule has 0 spiro atoms. The number of allylic oxidation sites excluding steroid dienone is 4. The second kappa shape index (κ2) is 10.6. The van der Waals surface area contributed by atoms with Crippen molar-refractivity contribution in [2.45, 2.75) is 26.2 Å². The first kappa shape index (κ1) is 16.9. The summed E-state index contributed by atoms with van der Waals surface area (Å²) in [5.74, 6) is 5.29. The molecule has 4 nitrogen and oxygen atoms in total. The Labute approximate surface area is 127 Å². The molecule has 0 saturated carbocycles. The van der Waals surface area contributed by atoms with Crippen molar-refractivity contribution in [2.75, 3.05) is 6.54 Å². The molecule has 1 aromatic rings. The Morgan fingerprint density at radius 3 is 2.67 bits per heavy atom. The molecule has 0 aromatic heterocycles. The summed E-state index contributed by atoms with van der Waals surface area (Å²) in [4.78, 5) is 0. The third-order valence-electron chi connectivity index (χ3n) is 3.10. The van der Waals surface area contributed by atoms with Crippen molar-refractivity contribution in [2.24, 2.45) is 11.6 Å². The Kier molecular flexibility index (Phi) is 8.48. The molecular weight excluding hydrogens is 260 g/mol. The van der Waals surface area contributed by atoms with Gasteiger partial charge < -0.3 is 16.5 Å². The number of benzene rings is 1. The van der Waals surface area contributed by atoms with Crippen molar-refractivity contribution in [1.29, 1.82) is 0 Å². The van der Waals surface area contributed by atoms with E-state index in [4.69, 9.17) is 11.6 Å². The number of rotatable bonds is 9. The van der Waals surface area contributed by atoms with Gasteiger partial charge in [0.25, 0.3) is 0 Å². The maximum Gasteiger partial charge on any atom is 0.0451 e. The monoisotopic (exact) mass is 286 g/mol. The van der Waals surface area contributed by atoms with Gasteiger partial charge in [0, 0.05) is 30.6 Å². The van der Waals surface area contributed by atoms with Crippen LogP contribution in [-0.4, -0.2) is 6.54 Å². The minimum Gasteiger partial charge on any atom is -0.403 e. The van der Waals surface area contributed by atoms with Crippen LogP contribution >= 0.6 is 0 Å². The van der Waals surface area contributed by atoms with Crippen LogP contribution in [0.15, 0.2) is 66.2 Å². The van der Waals surface area contributed by atoms with Crippen LogP contribution in [0.1, 0.15) is 25.3 Å². The van der Waals surface area contributed by atoms with E-state index in [1.165, 1.54) is 11.8 Å². The molecule has 0 aliphatic rings. The molecule has 0 atom stereocenters. The Hall–Kier alpha value is -2.20. The molecule has 1 rings (SSSR count). The van der Waals surface area contributed by atoms with Crippen LogP contribution in [0.25, 0.3) is 0 Å². The second-order valence-electron chi connectivity index (χ2n) is 4.83. The van der Waals surface area contributed by atoms with Gasteiger partial charge in [-0.3, -0.25) is 5.84 Å². The summed E-state index contributed by atoms with van der Waals surface area (Å²) in [5.41, 5.74) is 11.3. The van der Waals surface area contributed by atoms with Gasteiger partial charge in [-0.15, -0.1) is 0 Å². The zero-order valence-electron chi connectivity index (χ0n) is 12.7. The first-order valence-corrected chi connectivity index (χ1v) is 7.25. The van der Waals surface area contributed by atoms with E-state index in [1.807, 2.05) is 24.3 Å². The largest absolute Gasteiger partial charge is 0.403 e. The quantitative estimate of drug-likeness (QED) is 0.243. The Balaban J connectivity index is 2.19. The van der Waals surface area contributed by atoms with E-state index < -0.39 is 0 Å². The molecule has 114 valence electrons. The Morgan fingerprint density at radius 2 is 2.00 bits per heavy atom. The molecular formula is C17H26N4. The fourth-order valence-corrected chi connectivity index (χ4v) is 1.86. The topological polar surface area (TPSA) is 76.1 Å². The number of nitrogens with one attached hydrogen (secondary N) is 2. The predicted octanol–water partition coefficient (Wildman–Crippen LogP) is 2.32. The van der Waals surface area contributed by atoms with E-state index in [-0.39, 0.29) is 0 Å². The molecule has 0 fully saturated rings. The maximum absolute atomic E-state index is 5.39. The van der Waals surface area contributed by atoms with Crippen molar-refractivity contribution in [3.63, 3.8) is 0 Å². The highest BCUT2D eigenvalue weighted by molar-refractivity contribution is 5.15. The highest BCUT2D eigenvalue weighted by Gasteiger charge is 1.92. The summed E-state index contributed by atoms with van der Waals surface area (Å²) in [7, 11) is 0. The number of nitrogens with two attached hydrogens (primary N) is 2. The van der Waals surface area contributed by atoms with Gasteiger partial charge in [0.1, 0.15) is 0 Å². The fraction of sp³-hybridized carbons (Fsp3) is 0.294. The van der Waals surface area contributed by atoms with Gasteiger partial charge in [0.2, 0.25) is 0 Å². The smallest absolute Gasteiger partial charge is 0.0451 e. The van der Waals surface area contributed by atoms with Gasteiger partial charge in [-0.2, -0.15) is 0 Å². The van der Waals surface area contributed by atoms with Crippen molar-refractivity contribution in [3.05, 3.63) is 71.7 Å². The van der Waals surface area contributed by atoms with E-state index >= 15 is 0 Å². The minimum atomic E-state index is 0.699. The van der Waals surface area contributed by atoms with Crippen molar-refractivity contribution in [1.82, 2.24) is 10.7 Å². The van der Waals surface area contributed by atoms with Crippen LogP contribution in [0.5, 0.6) is 0 Å². The molecule has 0 aliphatic heterocycles. The molecule has 0 bridgehead atoms. The van der Waals surface area contributed by atoms with Crippen LogP contribution in [0.3, 0.4) is 0 Å². The molecule has 0 radical (unpaired) electrons. The van der Waals surface area contributed by atoms with Crippen LogP contribution in [0, 0.1) is 0 Å². The van der Waals surface area contributed by atoms with E-state index in [0.717, 1.165) is 30.8 Å². The minimum absolute atomic E-state index is 0.699. The number of hydrogen-bond donors (Lipinski definition) is 4. The first-order valence-electron chi connectivity index (χ1n) is 7.25. The van der Waals surface area contributed by atoms with E-state index in [1.54, 1.807) is 0 Å². The lowest BCUT2D eigenvalue weighted by atomic mass is 10.1. The molecule has 0 aliphatic carbocycles. The summed E-state index contributed by atoms with van der Waals surface area (Å²) in [6, 6.07) is 10.5. The Bertz CT molecular complexity index is 475. The summed E-state index contributed by atoms with van der Waals surface area (Å²) in [6.45, 7) is 3.04. The summed E-state index contributed by atoms with van der Waals surface area (Å²) < 4.78 is 0. The lowest BCUT2D eigenvalue weighted by Gasteiger charge is -2.06. The highest BCUT2D eigenvalue weighted by Crippen LogP contribution is 2.02. The number of hydrogen-bond acceptors (Lipinski definition) is 4. The standard InChI is InChI=1S/C17H26N4/c1-15(8-5-6-12-17(14-18)21-19)20-13-7-11-16-9-3-2-4-10-16/h2-6,8-10,14,20-21H,7,11-13,18-19H2,1H3/b6-5-,15-8+,17-14-. The SMILES string of the molecule is C/C(=C\C=C/C/C(=C/N)NN)NCCCc1ccccc1. The Morgan fingerprint density at radius 1 is 1.24 bits per heavy atom. The van der Waals surface area contributed by atoms with Gasteiger partial charge in [-0.05, 0) is 31.4 Å². The number of aryl methyl sites for hydroxylation is 1. The maximum atomic E-state index is 5.39. The van der Waals surface area contributed by atoms with E-state index in [9.17, 15) is 0 Å². The van der Waals surface area contributed by atoms with Crippen molar-refractivity contribution in [3.8, 4) is 0 Å². The average molecular weight is 286 g/mol. The highest BCUT2D eigenvalue weighted by atomic mass is 15.2. The van der Waals surface area contributed by atoms with Crippen molar-refractivity contribution < 1.29 is 0 Å². The van der Waals surface area contributed by atoms with Gasteiger partial charge >= 0.3 is 0 Å². The zero-order chi connectivity index (χ0) is 15.3. The molecule has 0 amide bonds. The summed E-state index contributed by atoms with van der Waals surface area (Å²) in [5, 5.41) is 3.40. The van der Waals surface area contributed by atoms with Gasteiger partial charge in [0.05, 0.1) is 0 Å². The average Bonchev–Trinajstić information content (AvgIpc) is 2.53. The molecule has 0 saturated heterocycles. The third-order valence-corrected chi connectivity index (χ3v) is 3.10. The lowest BCUT2D eigenvalue weighted by Crippen LogP contribution is -2.21. The second-order valence-corrected chi connectivity index (χ2v) is 4.83. The van der Waals surface area contributed by atoms with Gasteiger partial charge in [-0.25, -0.2) is 0 Å². The molecule has 21 heavy (non-hydrogen) atoms. The fourth-order valence-electron chi connectivity index (χ4n) is 1.86. The molecule has 4 heteroatoms. The normalized spacial score (nSPS) is 12.7. The van der Waals surface area contributed by atoms with E-state index in [2.05, 4.69) is 41.9 Å². The van der Waals surface area contributed by atoms with Crippen LogP contribution in [0.4, 0.5) is 0 Å². The summed E-state index contributed by atoms with van der Waals surface area (Å²) >= 11 is 0. The molecule has 0 unspecified atom stereocenters. The third kappa shape index (κ3) is 7.84.